The van der Waals surface area contributed by atoms with Gasteiger partial charge in [0.2, 0.25) is 11.8 Å². The van der Waals surface area contributed by atoms with E-state index in [-0.39, 0.29) is 30.8 Å². The number of hydrogen-bond acceptors (Lipinski definition) is 4. The highest BCUT2D eigenvalue weighted by Gasteiger charge is 2.32. The Bertz CT molecular complexity index is 1260. The first-order valence-electron chi connectivity index (χ1n) is 14.1. The maximum atomic E-state index is 14.8. The van der Waals surface area contributed by atoms with Crippen LogP contribution < -0.4 is 14.8 Å². The number of hydrogen-bond donors (Lipinski definition) is 1. The third-order valence-electron chi connectivity index (χ3n) is 7.60. The van der Waals surface area contributed by atoms with Crippen LogP contribution in [0.15, 0.2) is 72.8 Å². The van der Waals surface area contributed by atoms with Gasteiger partial charge < -0.3 is 19.7 Å². The van der Waals surface area contributed by atoms with Crippen LogP contribution in [0.2, 0.25) is 0 Å². The van der Waals surface area contributed by atoms with Crippen LogP contribution in [-0.2, 0) is 29.0 Å². The van der Waals surface area contributed by atoms with Gasteiger partial charge in [0.15, 0.2) is 11.5 Å². The summed E-state index contributed by atoms with van der Waals surface area (Å²) in [5, 5.41) is 3.22. The van der Waals surface area contributed by atoms with E-state index in [1.165, 1.54) is 12.5 Å². The van der Waals surface area contributed by atoms with Crippen molar-refractivity contribution >= 4 is 11.8 Å². The van der Waals surface area contributed by atoms with E-state index < -0.39 is 11.9 Å². The fraction of sp³-hybridized carbons (Fsp3) is 0.394. The summed E-state index contributed by atoms with van der Waals surface area (Å²) < 4.78 is 25.6. The Balaban J connectivity index is 1.61. The van der Waals surface area contributed by atoms with Gasteiger partial charge in [-0.3, -0.25) is 9.59 Å². The van der Waals surface area contributed by atoms with Crippen LogP contribution in [0.3, 0.4) is 0 Å². The van der Waals surface area contributed by atoms with E-state index in [4.69, 9.17) is 9.47 Å². The van der Waals surface area contributed by atoms with Gasteiger partial charge in [0.05, 0.1) is 14.2 Å². The van der Waals surface area contributed by atoms with Crippen molar-refractivity contribution < 1.29 is 23.5 Å². The van der Waals surface area contributed by atoms with Gasteiger partial charge in [-0.15, -0.1) is 0 Å². The largest absolute Gasteiger partial charge is 0.493 e. The zero-order valence-electron chi connectivity index (χ0n) is 23.4. The predicted molar refractivity (Wildman–Crippen MR) is 154 cm³/mol. The van der Waals surface area contributed by atoms with Gasteiger partial charge >= 0.3 is 0 Å². The molecule has 1 saturated carbocycles. The van der Waals surface area contributed by atoms with Gasteiger partial charge in [0.25, 0.3) is 0 Å². The van der Waals surface area contributed by atoms with E-state index in [2.05, 4.69) is 5.32 Å². The number of carbonyl (C=O) groups excluding carboxylic acids is 2. The summed E-state index contributed by atoms with van der Waals surface area (Å²) in [7, 11) is 3.15. The number of aryl methyl sites for hydroxylation is 1. The second kappa shape index (κ2) is 14.5. The van der Waals surface area contributed by atoms with Gasteiger partial charge in [0, 0.05) is 31.0 Å². The fourth-order valence-corrected chi connectivity index (χ4v) is 5.34. The molecule has 3 aromatic carbocycles. The van der Waals surface area contributed by atoms with Crippen LogP contribution in [0.4, 0.5) is 4.39 Å². The summed E-state index contributed by atoms with van der Waals surface area (Å²) in [6, 6.07) is 21.0. The highest BCUT2D eigenvalue weighted by molar-refractivity contribution is 5.88. The minimum atomic E-state index is -0.776. The molecule has 4 rings (SSSR count). The van der Waals surface area contributed by atoms with Crippen LogP contribution in [0.1, 0.15) is 55.2 Å². The zero-order chi connectivity index (χ0) is 28.3. The Hall–Kier alpha value is -3.87. The molecular formula is C33H39FN2O4. The standard InChI is InChI=1S/C33H39FN2O4/c1-39-30-19-17-25(22-31(30)40-2)18-20-32(37)36(23-26-13-9-10-16-28(26)34)29(21-24-11-5-3-6-12-24)33(38)35-27-14-7-4-8-15-27/h3,5-6,9-13,16-17,19,22,27,29H,4,7-8,14-15,18,20-21,23H2,1-2H3,(H,35,38). The van der Waals surface area contributed by atoms with E-state index in [1.54, 1.807) is 37.3 Å². The molecule has 0 heterocycles. The molecule has 0 spiro atoms. The van der Waals surface area contributed by atoms with E-state index in [9.17, 15) is 14.0 Å². The van der Waals surface area contributed by atoms with Crippen molar-refractivity contribution in [1.82, 2.24) is 10.2 Å². The molecular weight excluding hydrogens is 507 g/mol. The van der Waals surface area contributed by atoms with Crippen LogP contribution in [0.5, 0.6) is 11.5 Å². The molecule has 0 radical (unpaired) electrons. The lowest BCUT2D eigenvalue weighted by Gasteiger charge is -2.33. The smallest absolute Gasteiger partial charge is 0.243 e. The summed E-state index contributed by atoms with van der Waals surface area (Å²) >= 11 is 0. The molecule has 0 aliphatic heterocycles. The SMILES string of the molecule is COc1ccc(CCC(=O)N(Cc2ccccc2F)C(Cc2ccccc2)C(=O)NC2CCCCC2)cc1OC. The molecule has 40 heavy (non-hydrogen) atoms. The number of amides is 2. The maximum Gasteiger partial charge on any atom is 0.243 e. The summed E-state index contributed by atoms with van der Waals surface area (Å²) in [5.74, 6) is 0.404. The van der Waals surface area contributed by atoms with E-state index >= 15 is 0 Å². The van der Waals surface area contributed by atoms with Gasteiger partial charge in [-0.2, -0.15) is 0 Å². The number of nitrogens with one attached hydrogen (secondary N) is 1. The summed E-state index contributed by atoms with van der Waals surface area (Å²) in [6.07, 6.45) is 6.15. The minimum Gasteiger partial charge on any atom is -0.493 e. The van der Waals surface area contributed by atoms with Crippen molar-refractivity contribution in [1.29, 1.82) is 0 Å². The van der Waals surface area contributed by atoms with Crippen molar-refractivity contribution in [3.63, 3.8) is 0 Å². The lowest BCUT2D eigenvalue weighted by atomic mass is 9.94. The molecule has 1 aliphatic carbocycles. The Morgan fingerprint density at radius 2 is 1.60 bits per heavy atom. The number of rotatable bonds is 12. The highest BCUT2D eigenvalue weighted by Crippen LogP contribution is 2.28. The average Bonchev–Trinajstić information content (AvgIpc) is 2.99. The van der Waals surface area contributed by atoms with Crippen molar-refractivity contribution in [3.8, 4) is 11.5 Å². The van der Waals surface area contributed by atoms with Crippen molar-refractivity contribution in [2.24, 2.45) is 0 Å². The molecule has 0 saturated heterocycles. The highest BCUT2D eigenvalue weighted by atomic mass is 19.1. The Morgan fingerprint density at radius 1 is 0.900 bits per heavy atom. The Labute approximate surface area is 236 Å². The lowest BCUT2D eigenvalue weighted by Crippen LogP contribution is -2.53. The zero-order valence-corrected chi connectivity index (χ0v) is 23.4. The quantitative estimate of drug-likeness (QED) is 0.309. The normalized spacial score (nSPS) is 14.3. The monoisotopic (exact) mass is 546 g/mol. The van der Waals surface area contributed by atoms with Gasteiger partial charge in [0.1, 0.15) is 11.9 Å². The molecule has 1 atom stereocenters. The molecule has 1 fully saturated rings. The number of methoxy groups -OCH3 is 2. The summed E-state index contributed by atoms with van der Waals surface area (Å²) in [4.78, 5) is 29.3. The number of nitrogens with zero attached hydrogens (tertiary/aromatic N) is 1. The third kappa shape index (κ3) is 7.84. The molecule has 2 amide bonds. The molecule has 1 unspecified atom stereocenters. The van der Waals surface area contributed by atoms with Crippen LogP contribution >= 0.6 is 0 Å². The van der Waals surface area contributed by atoms with Crippen molar-refractivity contribution in [2.45, 2.75) is 70.0 Å². The van der Waals surface area contributed by atoms with E-state index in [0.717, 1.165) is 36.8 Å². The number of benzene rings is 3. The first-order chi connectivity index (χ1) is 19.5. The maximum absolute atomic E-state index is 14.8. The van der Waals surface area contributed by atoms with Crippen molar-refractivity contribution in [3.05, 3.63) is 95.3 Å². The summed E-state index contributed by atoms with van der Waals surface area (Å²) in [6.45, 7) is 0.00697. The number of ether oxygens (including phenoxy) is 2. The lowest BCUT2D eigenvalue weighted by molar-refractivity contribution is -0.141. The number of halogens is 1. The van der Waals surface area contributed by atoms with Crippen molar-refractivity contribution in [2.75, 3.05) is 14.2 Å². The van der Waals surface area contributed by atoms with Crippen LogP contribution in [0.25, 0.3) is 0 Å². The predicted octanol–water partition coefficient (Wildman–Crippen LogP) is 5.86. The van der Waals surface area contributed by atoms with E-state index in [1.807, 2.05) is 48.5 Å². The Kier molecular flexibility index (Phi) is 10.6. The van der Waals surface area contributed by atoms with Crippen LogP contribution in [0, 0.1) is 5.82 Å². The van der Waals surface area contributed by atoms with Crippen LogP contribution in [-0.4, -0.2) is 43.0 Å². The fourth-order valence-electron chi connectivity index (χ4n) is 5.34. The molecule has 0 aromatic heterocycles. The minimum absolute atomic E-state index is 0.00697. The molecule has 6 nitrogen and oxygen atoms in total. The second-order valence-corrected chi connectivity index (χ2v) is 10.4. The molecule has 1 aliphatic rings. The number of carbonyl (C=O) groups is 2. The molecule has 0 bridgehead atoms. The topological polar surface area (TPSA) is 67.9 Å². The van der Waals surface area contributed by atoms with Gasteiger partial charge in [-0.05, 0) is 48.6 Å². The average molecular weight is 547 g/mol. The summed E-state index contributed by atoms with van der Waals surface area (Å²) in [5.41, 5.74) is 2.23. The van der Waals surface area contributed by atoms with E-state index in [0.29, 0.717) is 29.9 Å². The molecule has 3 aromatic rings. The molecule has 212 valence electrons. The van der Waals surface area contributed by atoms with Gasteiger partial charge in [-0.25, -0.2) is 4.39 Å². The second-order valence-electron chi connectivity index (χ2n) is 10.4. The first-order valence-corrected chi connectivity index (χ1v) is 14.1. The molecule has 7 heteroatoms. The van der Waals surface area contributed by atoms with Gasteiger partial charge in [-0.1, -0.05) is 73.9 Å². The Morgan fingerprint density at radius 3 is 2.30 bits per heavy atom. The molecule has 1 N–H and O–H groups in total. The third-order valence-corrected chi connectivity index (χ3v) is 7.60. The first kappa shape index (κ1) is 29.1.